The molecule has 0 radical (unpaired) electrons. The second kappa shape index (κ2) is 9.09. The lowest BCUT2D eigenvalue weighted by atomic mass is 9.39. The van der Waals surface area contributed by atoms with Gasteiger partial charge in [-0.05, 0) is 80.6 Å². The minimum Gasteiger partial charge on any atom is -0.443 e. The molecule has 7 aliphatic rings. The third kappa shape index (κ3) is 3.78. The van der Waals surface area contributed by atoms with E-state index in [1.54, 1.807) is 11.9 Å². The lowest BCUT2D eigenvalue weighted by Gasteiger charge is -2.64. The molecule has 1 aromatic carbocycles. The smallest absolute Gasteiger partial charge is 0.414 e. The number of epoxide rings is 1. The predicted octanol–water partition coefficient (Wildman–Crippen LogP) is 6.71. The fourth-order valence-electron chi connectivity index (χ4n) is 11.1. The van der Waals surface area contributed by atoms with E-state index in [1.165, 1.54) is 11.1 Å². The van der Waals surface area contributed by atoms with Gasteiger partial charge in [0.15, 0.2) is 11.6 Å². The van der Waals surface area contributed by atoms with E-state index in [4.69, 9.17) is 28.4 Å². The summed E-state index contributed by atoms with van der Waals surface area (Å²) in [6.07, 6.45) is 8.07. The number of anilines is 1. The van der Waals surface area contributed by atoms with Gasteiger partial charge in [0.1, 0.15) is 11.2 Å². The minimum atomic E-state index is -0.588. The highest BCUT2D eigenvalue weighted by Gasteiger charge is 2.82. The van der Waals surface area contributed by atoms with Gasteiger partial charge in [-0.25, -0.2) is 4.79 Å². The van der Waals surface area contributed by atoms with E-state index in [1.807, 2.05) is 32.9 Å². The van der Waals surface area contributed by atoms with Crippen molar-refractivity contribution in [3.8, 4) is 0 Å². The molecule has 0 unspecified atom stereocenters. The first kappa shape index (κ1) is 29.4. The zero-order valence-electron chi connectivity index (χ0n) is 27.5. The SMILES string of the molecule is CN(C(=O)OC(C)(C)C)c1ccc(C2=C[C@@]3(C)[C@@H](CCC34OCCO4)[C@]3(C)C[C@@H]4O[C@@]45CC4(CC[C@]5(C)[C@@H]23)OCCO4)cc1. The number of amides is 1. The van der Waals surface area contributed by atoms with Crippen LogP contribution in [0.1, 0.15) is 85.6 Å². The molecular formula is C36H49NO7. The number of hydrogen-bond acceptors (Lipinski definition) is 7. The number of nitrogens with zero attached hydrogens (tertiary/aromatic N) is 1. The predicted molar refractivity (Wildman–Crippen MR) is 165 cm³/mol. The zero-order chi connectivity index (χ0) is 31.0. The molecule has 1 aromatic rings. The van der Waals surface area contributed by atoms with E-state index in [0.717, 1.165) is 44.2 Å². The summed E-state index contributed by atoms with van der Waals surface area (Å²) in [7, 11) is 1.77. The zero-order valence-corrected chi connectivity index (χ0v) is 27.5. The quantitative estimate of drug-likeness (QED) is 0.346. The Morgan fingerprint density at radius 1 is 0.932 bits per heavy atom. The maximum absolute atomic E-state index is 12.9. The summed E-state index contributed by atoms with van der Waals surface area (Å²) in [6.45, 7) is 15.7. The van der Waals surface area contributed by atoms with Crippen LogP contribution in [0, 0.1) is 28.1 Å². The molecule has 0 N–H and O–H groups in total. The van der Waals surface area contributed by atoms with Crippen molar-refractivity contribution in [1.82, 2.24) is 0 Å². The Kier molecular flexibility index (Phi) is 6.08. The van der Waals surface area contributed by atoms with Crippen molar-refractivity contribution in [2.75, 3.05) is 38.4 Å². The second-order valence-corrected chi connectivity index (χ2v) is 16.4. The molecule has 8 heteroatoms. The Morgan fingerprint density at radius 2 is 1.59 bits per heavy atom. The van der Waals surface area contributed by atoms with E-state index in [0.29, 0.717) is 32.3 Å². The number of carbonyl (C=O) groups excluding carboxylic acids is 1. The number of hydrogen-bond donors (Lipinski definition) is 0. The summed E-state index contributed by atoms with van der Waals surface area (Å²) in [5.74, 6) is -0.410. The topological polar surface area (TPSA) is 79.0 Å². The monoisotopic (exact) mass is 607 g/mol. The van der Waals surface area contributed by atoms with Gasteiger partial charge in [-0.15, -0.1) is 0 Å². The molecule has 44 heavy (non-hydrogen) atoms. The molecule has 3 saturated heterocycles. The standard InChI is InChI=1S/C36H49NO7/c1-30(2,3)44-29(38)37(7)24-10-8-23(9-11-24)25-20-33(6)26(12-13-36(33)41-18-19-42-36)31(4)21-27-35(43-27)22-34(39-16-17-40-34)15-14-32(35,5)28(25)31/h8-11,20,26-28H,12-19,21-22H2,1-7H3/t26-,27-,28-,31-,32+,33-,35-/m0/s1. The Balaban J connectivity index is 1.23. The molecular weight excluding hydrogens is 558 g/mol. The molecule has 8 nitrogen and oxygen atoms in total. The number of carbonyl (C=O) groups is 1. The van der Waals surface area contributed by atoms with Crippen molar-refractivity contribution >= 4 is 17.4 Å². The summed E-state index contributed by atoms with van der Waals surface area (Å²) < 4.78 is 38.2. The van der Waals surface area contributed by atoms with Crippen LogP contribution >= 0.6 is 0 Å². The van der Waals surface area contributed by atoms with Crippen LogP contribution in [0.4, 0.5) is 10.5 Å². The van der Waals surface area contributed by atoms with Gasteiger partial charge >= 0.3 is 6.09 Å². The van der Waals surface area contributed by atoms with E-state index in [2.05, 4.69) is 39.0 Å². The van der Waals surface area contributed by atoms with E-state index in [-0.39, 0.29) is 40.0 Å². The van der Waals surface area contributed by atoms with Gasteiger partial charge in [-0.3, -0.25) is 4.90 Å². The van der Waals surface area contributed by atoms with Gasteiger partial charge in [0, 0.05) is 42.8 Å². The number of benzene rings is 1. The molecule has 0 bridgehead atoms. The van der Waals surface area contributed by atoms with Crippen molar-refractivity contribution in [2.24, 2.45) is 28.1 Å². The van der Waals surface area contributed by atoms with Gasteiger partial charge in [-0.1, -0.05) is 39.0 Å². The van der Waals surface area contributed by atoms with Crippen molar-refractivity contribution in [1.29, 1.82) is 0 Å². The third-order valence-electron chi connectivity index (χ3n) is 13.0. The maximum Gasteiger partial charge on any atom is 0.414 e. The van der Waals surface area contributed by atoms with Gasteiger partial charge < -0.3 is 28.4 Å². The Hall–Kier alpha value is -1.97. The van der Waals surface area contributed by atoms with E-state index in [9.17, 15) is 4.79 Å². The molecule has 4 aliphatic carbocycles. The van der Waals surface area contributed by atoms with Gasteiger partial charge in [0.25, 0.3) is 0 Å². The highest BCUT2D eigenvalue weighted by molar-refractivity contribution is 5.87. The van der Waals surface area contributed by atoms with Crippen molar-refractivity contribution in [3.05, 3.63) is 35.9 Å². The molecule has 3 saturated carbocycles. The third-order valence-corrected chi connectivity index (χ3v) is 13.0. The molecule has 0 aromatic heterocycles. The highest BCUT2D eigenvalue weighted by atomic mass is 16.7. The number of allylic oxidation sites excluding steroid dienone is 1. The first-order valence-electron chi connectivity index (χ1n) is 16.7. The molecule has 1 amide bonds. The van der Waals surface area contributed by atoms with Crippen LogP contribution in [0.5, 0.6) is 0 Å². The van der Waals surface area contributed by atoms with E-state index < -0.39 is 17.2 Å². The summed E-state index contributed by atoms with van der Waals surface area (Å²) in [5, 5.41) is 0. The second-order valence-electron chi connectivity index (χ2n) is 16.4. The average molecular weight is 608 g/mol. The highest BCUT2D eigenvalue weighted by Crippen LogP contribution is 2.80. The Labute approximate surface area is 261 Å². The minimum absolute atomic E-state index is 0.00900. The fourth-order valence-corrected chi connectivity index (χ4v) is 11.1. The van der Waals surface area contributed by atoms with Crippen LogP contribution in [0.25, 0.3) is 5.57 Å². The lowest BCUT2D eigenvalue weighted by molar-refractivity contribution is -0.237. The number of rotatable bonds is 2. The first-order valence-corrected chi connectivity index (χ1v) is 16.7. The van der Waals surface area contributed by atoms with Crippen LogP contribution in [-0.2, 0) is 28.4 Å². The summed E-state index contributed by atoms with van der Waals surface area (Å²) in [4.78, 5) is 14.4. The molecule has 6 fully saturated rings. The molecule has 3 aliphatic heterocycles. The normalized spacial score (nSPS) is 42.7. The molecule has 240 valence electrons. The Morgan fingerprint density at radius 3 is 2.25 bits per heavy atom. The van der Waals surface area contributed by atoms with Crippen LogP contribution in [-0.4, -0.2) is 68.4 Å². The van der Waals surface area contributed by atoms with Gasteiger partial charge in [0.2, 0.25) is 0 Å². The molecule has 3 spiro atoms. The molecule has 7 atom stereocenters. The average Bonchev–Trinajstić information content (AvgIpc) is 3.33. The van der Waals surface area contributed by atoms with Crippen LogP contribution < -0.4 is 4.90 Å². The van der Waals surface area contributed by atoms with Crippen molar-refractivity contribution in [3.63, 3.8) is 0 Å². The van der Waals surface area contributed by atoms with Gasteiger partial charge in [-0.2, -0.15) is 0 Å². The summed E-state index contributed by atoms with van der Waals surface area (Å²) >= 11 is 0. The largest absolute Gasteiger partial charge is 0.443 e. The molecule has 8 rings (SSSR count). The summed E-state index contributed by atoms with van der Waals surface area (Å²) in [6, 6.07) is 8.47. The van der Waals surface area contributed by atoms with Crippen molar-refractivity contribution < 1.29 is 33.2 Å². The number of ether oxygens (including phenoxy) is 6. The van der Waals surface area contributed by atoms with Gasteiger partial charge in [0.05, 0.1) is 32.5 Å². The lowest BCUT2D eigenvalue weighted by Crippen LogP contribution is -2.65. The fraction of sp³-hybridized carbons (Fsp3) is 0.750. The molecule has 3 heterocycles. The number of fused-ring (bicyclic) bond motifs is 5. The van der Waals surface area contributed by atoms with Crippen LogP contribution in [0.2, 0.25) is 0 Å². The summed E-state index contributed by atoms with van der Waals surface area (Å²) in [5.41, 5.74) is 2.18. The van der Waals surface area contributed by atoms with Crippen molar-refractivity contribution in [2.45, 2.75) is 109 Å². The van der Waals surface area contributed by atoms with E-state index >= 15 is 0 Å². The first-order chi connectivity index (χ1) is 20.7. The Bertz CT molecular complexity index is 1390. The van der Waals surface area contributed by atoms with Crippen LogP contribution in [0.15, 0.2) is 30.3 Å². The van der Waals surface area contributed by atoms with Crippen LogP contribution in [0.3, 0.4) is 0 Å². The maximum atomic E-state index is 12.9.